The van der Waals surface area contributed by atoms with E-state index in [0.717, 1.165) is 35.5 Å². The van der Waals surface area contributed by atoms with Gasteiger partial charge in [-0.2, -0.15) is 0 Å². The molecule has 3 aromatic rings. The van der Waals surface area contributed by atoms with Gasteiger partial charge in [0.2, 0.25) is 5.91 Å². The Balaban J connectivity index is 1.53. The first-order chi connectivity index (χ1) is 14.5. The topological polar surface area (TPSA) is 90.8 Å². The number of H-pyrrole nitrogens is 1. The molecule has 0 aromatic carbocycles. The molecule has 0 spiro atoms. The van der Waals surface area contributed by atoms with E-state index in [9.17, 15) is 14.4 Å². The number of rotatable bonds is 2. The molecule has 9 heteroatoms. The summed E-state index contributed by atoms with van der Waals surface area (Å²) in [6.45, 7) is 3.08. The fourth-order valence-corrected chi connectivity index (χ4v) is 5.16. The van der Waals surface area contributed by atoms with E-state index >= 15 is 0 Å². The molecule has 30 heavy (non-hydrogen) atoms. The van der Waals surface area contributed by atoms with Gasteiger partial charge in [0, 0.05) is 32.5 Å². The lowest BCUT2D eigenvalue weighted by Gasteiger charge is -2.34. The molecule has 8 nitrogen and oxygen atoms in total. The lowest BCUT2D eigenvalue weighted by atomic mass is 9.99. The van der Waals surface area contributed by atoms with Crippen LogP contribution in [0.4, 0.5) is 0 Å². The van der Waals surface area contributed by atoms with Gasteiger partial charge in [-0.15, -0.1) is 11.3 Å². The van der Waals surface area contributed by atoms with Crippen molar-refractivity contribution in [2.75, 3.05) is 13.1 Å². The van der Waals surface area contributed by atoms with E-state index in [1.165, 1.54) is 22.8 Å². The number of carbonyl (C=O) groups excluding carboxylic acids is 2. The second kappa shape index (κ2) is 7.39. The van der Waals surface area contributed by atoms with Crippen molar-refractivity contribution in [3.8, 4) is 0 Å². The van der Waals surface area contributed by atoms with Crippen LogP contribution in [0.3, 0.4) is 0 Å². The molecule has 5 rings (SSSR count). The van der Waals surface area contributed by atoms with E-state index in [2.05, 4.69) is 5.10 Å². The quantitative estimate of drug-likeness (QED) is 0.682. The first kappa shape index (κ1) is 19.0. The van der Waals surface area contributed by atoms with Gasteiger partial charge in [0.25, 0.3) is 11.5 Å². The van der Waals surface area contributed by atoms with Crippen LogP contribution in [0.25, 0.3) is 5.65 Å². The van der Waals surface area contributed by atoms with E-state index < -0.39 is 0 Å². The summed E-state index contributed by atoms with van der Waals surface area (Å²) < 4.78 is 1.46. The first-order valence-corrected chi connectivity index (χ1v) is 11.1. The van der Waals surface area contributed by atoms with Gasteiger partial charge < -0.3 is 9.80 Å². The maximum atomic E-state index is 13.1. The fourth-order valence-electron chi connectivity index (χ4n) is 4.48. The number of likely N-dealkylation sites (tertiary alicyclic amines) is 1. The molecule has 1 N–H and O–H groups in total. The zero-order valence-electron chi connectivity index (χ0n) is 16.8. The van der Waals surface area contributed by atoms with Crippen LogP contribution in [0.2, 0.25) is 0 Å². The van der Waals surface area contributed by atoms with Crippen molar-refractivity contribution >= 4 is 28.8 Å². The Bertz CT molecular complexity index is 1180. The molecule has 5 heterocycles. The third-order valence-corrected chi connectivity index (χ3v) is 6.94. The summed E-state index contributed by atoms with van der Waals surface area (Å²) in [5.74, 6) is -0.00712. The summed E-state index contributed by atoms with van der Waals surface area (Å²) in [7, 11) is 0. The molecular weight excluding hydrogens is 402 g/mol. The van der Waals surface area contributed by atoms with Gasteiger partial charge in [-0.25, -0.2) is 9.50 Å². The normalized spacial score (nSPS) is 19.2. The number of hydrogen-bond donors (Lipinski definition) is 1. The highest BCUT2D eigenvalue weighted by atomic mass is 32.1. The highest BCUT2D eigenvalue weighted by Crippen LogP contribution is 2.32. The Morgan fingerprint density at radius 3 is 2.90 bits per heavy atom. The molecule has 2 aliphatic heterocycles. The molecule has 1 fully saturated rings. The van der Waals surface area contributed by atoms with Crippen molar-refractivity contribution in [3.63, 3.8) is 0 Å². The highest BCUT2D eigenvalue weighted by Gasteiger charge is 2.31. The Morgan fingerprint density at radius 1 is 1.27 bits per heavy atom. The zero-order chi connectivity index (χ0) is 20.8. The summed E-state index contributed by atoms with van der Waals surface area (Å²) in [6, 6.07) is 5.52. The van der Waals surface area contributed by atoms with E-state index in [1.54, 1.807) is 4.90 Å². The molecule has 1 saturated heterocycles. The zero-order valence-corrected chi connectivity index (χ0v) is 17.6. The summed E-state index contributed by atoms with van der Waals surface area (Å²) >= 11 is 1.45. The summed E-state index contributed by atoms with van der Waals surface area (Å²) in [6.07, 6.45) is 3.42. The second-order valence-electron chi connectivity index (χ2n) is 7.93. The molecule has 0 aliphatic carbocycles. The van der Waals surface area contributed by atoms with Crippen molar-refractivity contribution in [2.45, 2.75) is 45.2 Å². The van der Waals surface area contributed by atoms with Crippen LogP contribution in [-0.2, 0) is 17.8 Å². The maximum absolute atomic E-state index is 13.1. The Morgan fingerprint density at radius 2 is 2.13 bits per heavy atom. The van der Waals surface area contributed by atoms with Crippen LogP contribution in [0.5, 0.6) is 0 Å². The molecular formula is C21H23N5O3S. The maximum Gasteiger partial charge on any atom is 0.277 e. The van der Waals surface area contributed by atoms with Crippen LogP contribution in [0, 0.1) is 0 Å². The molecule has 0 bridgehead atoms. The van der Waals surface area contributed by atoms with Crippen molar-refractivity contribution in [2.24, 2.45) is 0 Å². The van der Waals surface area contributed by atoms with Gasteiger partial charge in [-0.05, 0) is 30.7 Å². The molecule has 0 saturated carbocycles. The molecule has 1 atom stereocenters. The Labute approximate surface area is 177 Å². The molecule has 0 unspecified atom stereocenters. The minimum absolute atomic E-state index is 0.0325. The number of aromatic nitrogens is 3. The van der Waals surface area contributed by atoms with Gasteiger partial charge in [0.05, 0.1) is 34.4 Å². The lowest BCUT2D eigenvalue weighted by Crippen LogP contribution is -2.39. The van der Waals surface area contributed by atoms with Crippen molar-refractivity contribution in [1.29, 1.82) is 0 Å². The molecule has 2 amide bonds. The number of amides is 2. The van der Waals surface area contributed by atoms with Gasteiger partial charge in [0.15, 0.2) is 5.65 Å². The summed E-state index contributed by atoms with van der Waals surface area (Å²) in [5, 5.41) is 5.12. The van der Waals surface area contributed by atoms with Crippen molar-refractivity contribution in [3.05, 3.63) is 55.8 Å². The van der Waals surface area contributed by atoms with Crippen LogP contribution < -0.4 is 5.56 Å². The predicted molar refractivity (Wildman–Crippen MR) is 113 cm³/mol. The fraction of sp³-hybridized carbons (Fsp3) is 0.429. The number of piperidine rings is 1. The number of carbonyl (C=O) groups is 2. The van der Waals surface area contributed by atoms with E-state index in [-0.39, 0.29) is 23.4 Å². The lowest BCUT2D eigenvalue weighted by molar-refractivity contribution is -0.129. The van der Waals surface area contributed by atoms with Crippen molar-refractivity contribution in [1.82, 2.24) is 24.4 Å². The average molecular weight is 426 g/mol. The van der Waals surface area contributed by atoms with Crippen LogP contribution in [-0.4, -0.2) is 49.3 Å². The minimum atomic E-state index is -0.167. The van der Waals surface area contributed by atoms with Crippen LogP contribution in [0.15, 0.2) is 28.4 Å². The SMILES string of the molecule is CC(=O)N1CCc2nc3cc([C@@H]4CCCCN4C(=O)c4cccs4)[nH]n3c(=O)c2C1. The van der Waals surface area contributed by atoms with Gasteiger partial charge in [-0.3, -0.25) is 19.5 Å². The number of nitrogens with zero attached hydrogens (tertiary/aromatic N) is 4. The van der Waals surface area contributed by atoms with Crippen LogP contribution in [0.1, 0.15) is 58.9 Å². The smallest absolute Gasteiger partial charge is 0.277 e. The van der Waals surface area contributed by atoms with E-state index in [4.69, 9.17) is 4.98 Å². The standard InChI is InChI=1S/C21H23N5O3S/c1-13(27)24-9-7-15-14(12-24)20(28)26-19(22-15)11-16(23-26)17-5-2-3-8-25(17)21(29)18-6-4-10-30-18/h4,6,10-11,17,23H,2-3,5,7-9,12H2,1H3/t17-/m0/s1. The summed E-state index contributed by atoms with van der Waals surface area (Å²) in [4.78, 5) is 46.9. The number of fused-ring (bicyclic) bond motifs is 2. The van der Waals surface area contributed by atoms with E-state index in [0.29, 0.717) is 37.3 Å². The van der Waals surface area contributed by atoms with Crippen molar-refractivity contribution < 1.29 is 9.59 Å². The molecule has 3 aromatic heterocycles. The van der Waals surface area contributed by atoms with Gasteiger partial charge in [0.1, 0.15) is 0 Å². The highest BCUT2D eigenvalue weighted by molar-refractivity contribution is 7.12. The third kappa shape index (κ3) is 3.13. The second-order valence-corrected chi connectivity index (χ2v) is 8.87. The van der Waals surface area contributed by atoms with Gasteiger partial charge >= 0.3 is 0 Å². The Hall–Kier alpha value is -2.94. The van der Waals surface area contributed by atoms with Gasteiger partial charge in [-0.1, -0.05) is 6.07 Å². The number of thiophene rings is 1. The molecule has 2 aliphatic rings. The first-order valence-electron chi connectivity index (χ1n) is 10.3. The predicted octanol–water partition coefficient (Wildman–Crippen LogP) is 2.36. The van der Waals surface area contributed by atoms with Crippen LogP contribution >= 0.6 is 11.3 Å². The molecule has 0 radical (unpaired) electrons. The monoisotopic (exact) mass is 425 g/mol. The largest absolute Gasteiger partial charge is 0.338 e. The number of nitrogens with one attached hydrogen (secondary N) is 1. The minimum Gasteiger partial charge on any atom is -0.338 e. The average Bonchev–Trinajstić information content (AvgIpc) is 3.43. The number of hydrogen-bond acceptors (Lipinski definition) is 5. The summed E-state index contributed by atoms with van der Waals surface area (Å²) in [5.41, 5.74) is 2.56. The van der Waals surface area contributed by atoms with E-state index in [1.807, 2.05) is 28.5 Å². The Kier molecular flexibility index (Phi) is 4.69. The molecule has 156 valence electrons. The number of aromatic amines is 1. The third-order valence-electron chi connectivity index (χ3n) is 6.08.